The van der Waals surface area contributed by atoms with Gasteiger partial charge in [0.05, 0.1) is 0 Å². The van der Waals surface area contributed by atoms with Crippen LogP contribution in [0.2, 0.25) is 0 Å². The van der Waals surface area contributed by atoms with E-state index < -0.39 is 5.91 Å². The molecule has 1 amide bonds. The van der Waals surface area contributed by atoms with Gasteiger partial charge in [0.25, 0.3) is 0 Å². The van der Waals surface area contributed by atoms with Gasteiger partial charge >= 0.3 is 0 Å². The first-order chi connectivity index (χ1) is 7.99. The predicted molar refractivity (Wildman–Crippen MR) is 66.1 cm³/mol. The van der Waals surface area contributed by atoms with Crippen LogP contribution in [0, 0.1) is 6.92 Å². The number of hydrogen-bond donors (Lipinski definition) is 2. The number of nitrogens with zero attached hydrogens (tertiary/aromatic N) is 1. The van der Waals surface area contributed by atoms with E-state index in [4.69, 9.17) is 10.5 Å². The van der Waals surface area contributed by atoms with E-state index in [2.05, 4.69) is 24.1 Å². The largest absolute Gasteiger partial charge is 0.476 e. The molecule has 0 aromatic carbocycles. The third-order valence-electron chi connectivity index (χ3n) is 2.12. The molecular formula is C12H19N3O2. The van der Waals surface area contributed by atoms with Crippen LogP contribution in [0.4, 0.5) is 0 Å². The summed E-state index contributed by atoms with van der Waals surface area (Å²) in [6.07, 6.45) is 0. The van der Waals surface area contributed by atoms with Gasteiger partial charge in [0, 0.05) is 29.9 Å². The van der Waals surface area contributed by atoms with Gasteiger partial charge in [-0.05, 0) is 13.0 Å². The highest BCUT2D eigenvalue weighted by atomic mass is 16.5. The van der Waals surface area contributed by atoms with Crippen molar-refractivity contribution in [2.75, 3.05) is 13.2 Å². The van der Waals surface area contributed by atoms with Gasteiger partial charge in [-0.2, -0.15) is 0 Å². The van der Waals surface area contributed by atoms with E-state index in [1.807, 2.05) is 0 Å². The Morgan fingerprint density at radius 3 is 2.82 bits per heavy atom. The van der Waals surface area contributed by atoms with Crippen LogP contribution >= 0.6 is 0 Å². The SMILES string of the molecule is Cc1cc(C(N)=O)cc(OCCNC(C)C)n1. The van der Waals surface area contributed by atoms with E-state index in [9.17, 15) is 4.79 Å². The fraction of sp³-hybridized carbons (Fsp3) is 0.500. The maximum Gasteiger partial charge on any atom is 0.248 e. The van der Waals surface area contributed by atoms with E-state index in [1.165, 1.54) is 0 Å². The molecule has 0 fully saturated rings. The lowest BCUT2D eigenvalue weighted by Crippen LogP contribution is -2.27. The fourth-order valence-electron chi connectivity index (χ4n) is 1.36. The van der Waals surface area contributed by atoms with Crippen molar-refractivity contribution in [3.8, 4) is 5.88 Å². The van der Waals surface area contributed by atoms with Gasteiger partial charge in [-0.1, -0.05) is 13.8 Å². The second-order valence-corrected chi connectivity index (χ2v) is 4.16. The zero-order chi connectivity index (χ0) is 12.8. The number of aromatic nitrogens is 1. The minimum Gasteiger partial charge on any atom is -0.476 e. The van der Waals surface area contributed by atoms with Crippen molar-refractivity contribution in [3.63, 3.8) is 0 Å². The maximum atomic E-state index is 11.1. The van der Waals surface area contributed by atoms with Crippen LogP contribution in [0.25, 0.3) is 0 Å². The van der Waals surface area contributed by atoms with E-state index in [-0.39, 0.29) is 0 Å². The van der Waals surface area contributed by atoms with E-state index in [0.717, 1.165) is 6.54 Å². The number of pyridine rings is 1. The minimum absolute atomic E-state index is 0.421. The fourth-order valence-corrected chi connectivity index (χ4v) is 1.36. The molecule has 1 aromatic heterocycles. The Morgan fingerprint density at radius 1 is 1.53 bits per heavy atom. The highest BCUT2D eigenvalue weighted by molar-refractivity contribution is 5.93. The van der Waals surface area contributed by atoms with Gasteiger partial charge in [-0.25, -0.2) is 4.98 Å². The van der Waals surface area contributed by atoms with Crippen LogP contribution in [-0.2, 0) is 0 Å². The van der Waals surface area contributed by atoms with Crippen LogP contribution in [0.1, 0.15) is 29.9 Å². The number of carbonyl (C=O) groups excluding carboxylic acids is 1. The number of rotatable bonds is 6. The van der Waals surface area contributed by atoms with Gasteiger partial charge in [-0.3, -0.25) is 4.79 Å². The molecule has 17 heavy (non-hydrogen) atoms. The number of primary amides is 1. The molecule has 0 aliphatic rings. The average Bonchev–Trinajstić information content (AvgIpc) is 2.23. The summed E-state index contributed by atoms with van der Waals surface area (Å²) < 4.78 is 5.45. The number of carbonyl (C=O) groups is 1. The van der Waals surface area contributed by atoms with Crippen molar-refractivity contribution in [2.45, 2.75) is 26.8 Å². The van der Waals surface area contributed by atoms with Crippen LogP contribution in [0.3, 0.4) is 0 Å². The minimum atomic E-state index is -0.472. The predicted octanol–water partition coefficient (Wildman–Crippen LogP) is 0.866. The number of nitrogens with two attached hydrogens (primary N) is 1. The molecular weight excluding hydrogens is 218 g/mol. The van der Waals surface area contributed by atoms with Gasteiger partial charge in [-0.15, -0.1) is 0 Å². The van der Waals surface area contributed by atoms with Crippen LogP contribution in [0.15, 0.2) is 12.1 Å². The molecule has 0 saturated heterocycles. The van der Waals surface area contributed by atoms with E-state index >= 15 is 0 Å². The third kappa shape index (κ3) is 4.82. The number of amides is 1. The first-order valence-corrected chi connectivity index (χ1v) is 5.63. The first-order valence-electron chi connectivity index (χ1n) is 5.63. The molecule has 94 valence electrons. The van der Waals surface area contributed by atoms with Crippen molar-refractivity contribution < 1.29 is 9.53 Å². The van der Waals surface area contributed by atoms with E-state index in [0.29, 0.717) is 29.8 Å². The van der Waals surface area contributed by atoms with Crippen LogP contribution < -0.4 is 15.8 Å². The summed E-state index contributed by atoms with van der Waals surface area (Å²) in [5.74, 6) is -0.0370. The smallest absolute Gasteiger partial charge is 0.248 e. The Balaban J connectivity index is 2.56. The topological polar surface area (TPSA) is 77.2 Å². The molecule has 0 spiro atoms. The summed E-state index contributed by atoms with van der Waals surface area (Å²) in [5, 5.41) is 3.22. The lowest BCUT2D eigenvalue weighted by Gasteiger charge is -2.10. The quantitative estimate of drug-likeness (QED) is 0.720. The highest BCUT2D eigenvalue weighted by Gasteiger charge is 2.05. The second-order valence-electron chi connectivity index (χ2n) is 4.16. The summed E-state index contributed by atoms with van der Waals surface area (Å²) in [6.45, 7) is 7.17. The molecule has 0 radical (unpaired) electrons. The Bertz CT molecular complexity index is 391. The summed E-state index contributed by atoms with van der Waals surface area (Å²) in [6, 6.07) is 3.62. The Labute approximate surface area is 101 Å². The molecule has 0 aliphatic carbocycles. The van der Waals surface area contributed by atoms with Crippen molar-refractivity contribution in [2.24, 2.45) is 5.73 Å². The van der Waals surface area contributed by atoms with E-state index in [1.54, 1.807) is 19.1 Å². The summed E-state index contributed by atoms with van der Waals surface area (Å²) in [4.78, 5) is 15.2. The number of ether oxygens (including phenoxy) is 1. The zero-order valence-electron chi connectivity index (χ0n) is 10.5. The van der Waals surface area contributed by atoms with Gasteiger partial charge in [0.1, 0.15) is 6.61 Å². The number of hydrogen-bond acceptors (Lipinski definition) is 4. The first kappa shape index (κ1) is 13.4. The number of nitrogens with one attached hydrogen (secondary N) is 1. The van der Waals surface area contributed by atoms with Gasteiger partial charge in [0.2, 0.25) is 11.8 Å². The average molecular weight is 237 g/mol. The molecule has 5 nitrogen and oxygen atoms in total. The molecule has 0 unspecified atom stereocenters. The molecule has 1 aromatic rings. The van der Waals surface area contributed by atoms with Gasteiger partial charge < -0.3 is 15.8 Å². The number of aryl methyl sites for hydroxylation is 1. The molecule has 0 atom stereocenters. The second kappa shape index (κ2) is 6.20. The molecule has 0 saturated carbocycles. The maximum absolute atomic E-state index is 11.1. The molecule has 0 bridgehead atoms. The summed E-state index contributed by atoms with van der Waals surface area (Å²) in [7, 11) is 0. The highest BCUT2D eigenvalue weighted by Crippen LogP contribution is 2.11. The standard InChI is InChI=1S/C12H19N3O2/c1-8(2)14-4-5-17-11-7-10(12(13)16)6-9(3)15-11/h6-8,14H,4-5H2,1-3H3,(H2,13,16). The normalized spacial score (nSPS) is 10.6. The Hall–Kier alpha value is -1.62. The van der Waals surface area contributed by atoms with Crippen molar-refractivity contribution >= 4 is 5.91 Å². The lowest BCUT2D eigenvalue weighted by molar-refractivity contribution is 0.0999. The van der Waals surface area contributed by atoms with Crippen molar-refractivity contribution in [1.29, 1.82) is 0 Å². The summed E-state index contributed by atoms with van der Waals surface area (Å²) in [5.41, 5.74) is 6.35. The van der Waals surface area contributed by atoms with Crippen molar-refractivity contribution in [3.05, 3.63) is 23.4 Å². The monoisotopic (exact) mass is 237 g/mol. The summed E-state index contributed by atoms with van der Waals surface area (Å²) >= 11 is 0. The molecule has 5 heteroatoms. The Kier molecular flexibility index (Phi) is 4.90. The lowest BCUT2D eigenvalue weighted by atomic mass is 10.2. The Morgan fingerprint density at radius 2 is 2.24 bits per heavy atom. The molecule has 1 rings (SSSR count). The third-order valence-corrected chi connectivity index (χ3v) is 2.12. The van der Waals surface area contributed by atoms with Crippen LogP contribution in [0.5, 0.6) is 5.88 Å². The van der Waals surface area contributed by atoms with Crippen molar-refractivity contribution in [1.82, 2.24) is 10.3 Å². The molecule has 1 heterocycles. The molecule has 3 N–H and O–H groups in total. The van der Waals surface area contributed by atoms with Crippen LogP contribution in [-0.4, -0.2) is 30.1 Å². The van der Waals surface area contributed by atoms with Gasteiger partial charge in [0.15, 0.2) is 0 Å². The zero-order valence-corrected chi connectivity index (χ0v) is 10.5. The molecule has 0 aliphatic heterocycles.